The Morgan fingerprint density at radius 3 is 2.76 bits per heavy atom. The number of rotatable bonds is 8. The van der Waals surface area contributed by atoms with Gasteiger partial charge in [0.05, 0.1) is 6.42 Å². The van der Waals surface area contributed by atoms with Gasteiger partial charge in [-0.2, -0.15) is 0 Å². The monoisotopic (exact) mass is 291 g/mol. The third-order valence-electron chi connectivity index (χ3n) is 3.19. The summed E-state index contributed by atoms with van der Waals surface area (Å²) in [6.07, 6.45) is 3.37. The lowest BCUT2D eigenvalue weighted by Gasteiger charge is -2.09. The summed E-state index contributed by atoms with van der Waals surface area (Å²) in [6, 6.07) is 7.28. The van der Waals surface area contributed by atoms with Crippen LogP contribution in [-0.2, 0) is 11.2 Å². The number of carbonyl (C=O) groups excluding carboxylic acids is 1. The highest BCUT2D eigenvalue weighted by molar-refractivity contribution is 5.89. The van der Waals surface area contributed by atoms with E-state index in [1.54, 1.807) is 24.3 Å². The van der Waals surface area contributed by atoms with E-state index in [4.69, 9.17) is 5.11 Å². The number of carboxylic acid groups (broad SMARTS) is 1. The smallest absolute Gasteiger partial charge is 0.319 e. The molecule has 0 radical (unpaired) electrons. The number of urea groups is 1. The summed E-state index contributed by atoms with van der Waals surface area (Å²) in [7, 11) is 0. The topological polar surface area (TPSA) is 90.5 Å². The minimum absolute atomic E-state index is 0.0516. The Morgan fingerprint density at radius 2 is 2.05 bits per heavy atom. The van der Waals surface area contributed by atoms with Gasteiger partial charge in [-0.15, -0.1) is 0 Å². The molecule has 1 fully saturated rings. The molecule has 1 aromatic rings. The van der Waals surface area contributed by atoms with Crippen LogP contribution in [0.3, 0.4) is 0 Å². The number of nitrogens with one attached hydrogen (secondary N) is 3. The van der Waals surface area contributed by atoms with Gasteiger partial charge in [-0.3, -0.25) is 4.79 Å². The molecule has 2 rings (SSSR count). The van der Waals surface area contributed by atoms with E-state index in [0.717, 1.165) is 13.0 Å². The number of anilines is 1. The lowest BCUT2D eigenvalue weighted by atomic mass is 10.1. The Labute approximate surface area is 123 Å². The van der Waals surface area contributed by atoms with E-state index in [1.807, 2.05) is 0 Å². The van der Waals surface area contributed by atoms with Crippen LogP contribution in [0.1, 0.15) is 24.8 Å². The maximum Gasteiger partial charge on any atom is 0.319 e. The second kappa shape index (κ2) is 7.64. The maximum atomic E-state index is 11.7. The number of carbonyl (C=O) groups is 2. The van der Waals surface area contributed by atoms with Crippen LogP contribution in [0.15, 0.2) is 24.3 Å². The van der Waals surface area contributed by atoms with Gasteiger partial charge in [0, 0.05) is 18.3 Å². The van der Waals surface area contributed by atoms with Gasteiger partial charge < -0.3 is 21.1 Å². The van der Waals surface area contributed by atoms with Crippen molar-refractivity contribution in [3.8, 4) is 0 Å². The molecule has 0 unspecified atom stereocenters. The molecule has 1 aromatic carbocycles. The van der Waals surface area contributed by atoms with Gasteiger partial charge in [0.25, 0.3) is 0 Å². The first-order valence-corrected chi connectivity index (χ1v) is 7.22. The fraction of sp³-hybridized carbons (Fsp3) is 0.467. The Bertz CT molecular complexity index is 501. The van der Waals surface area contributed by atoms with Crippen LogP contribution in [0.4, 0.5) is 10.5 Å². The molecule has 1 saturated carbocycles. The highest BCUT2D eigenvalue weighted by Crippen LogP contribution is 2.18. The van der Waals surface area contributed by atoms with Crippen molar-refractivity contribution >= 4 is 17.7 Å². The first-order chi connectivity index (χ1) is 10.1. The van der Waals surface area contributed by atoms with Gasteiger partial charge in [0.15, 0.2) is 0 Å². The van der Waals surface area contributed by atoms with Crippen molar-refractivity contribution in [2.45, 2.75) is 31.7 Å². The second-order valence-corrected chi connectivity index (χ2v) is 5.23. The fourth-order valence-electron chi connectivity index (χ4n) is 1.99. The Balaban J connectivity index is 1.67. The zero-order valence-corrected chi connectivity index (χ0v) is 11.9. The summed E-state index contributed by atoms with van der Waals surface area (Å²) in [6.45, 7) is 1.53. The van der Waals surface area contributed by atoms with Crippen LogP contribution < -0.4 is 16.0 Å². The van der Waals surface area contributed by atoms with Crippen molar-refractivity contribution in [2.75, 3.05) is 18.4 Å². The Morgan fingerprint density at radius 1 is 1.24 bits per heavy atom. The van der Waals surface area contributed by atoms with E-state index < -0.39 is 5.97 Å². The summed E-state index contributed by atoms with van der Waals surface area (Å²) < 4.78 is 0. The number of benzene rings is 1. The predicted molar refractivity (Wildman–Crippen MR) is 80.4 cm³/mol. The largest absolute Gasteiger partial charge is 0.481 e. The van der Waals surface area contributed by atoms with E-state index in [-0.39, 0.29) is 12.5 Å². The van der Waals surface area contributed by atoms with Crippen molar-refractivity contribution in [3.05, 3.63) is 29.8 Å². The van der Waals surface area contributed by atoms with E-state index in [0.29, 0.717) is 23.8 Å². The highest BCUT2D eigenvalue weighted by atomic mass is 16.4. The number of aliphatic carboxylic acids is 1. The SMILES string of the molecule is O=C(O)Cc1cccc(NC(=O)NCCCNC2CC2)c1. The molecule has 6 nitrogen and oxygen atoms in total. The van der Waals surface area contributed by atoms with Crippen LogP contribution in [0.25, 0.3) is 0 Å². The number of carboxylic acids is 1. The number of hydrogen-bond donors (Lipinski definition) is 4. The zero-order chi connectivity index (χ0) is 15.1. The molecule has 1 aliphatic rings. The molecule has 2 amide bonds. The summed E-state index contributed by atoms with van der Waals surface area (Å²) in [5.41, 5.74) is 1.26. The van der Waals surface area contributed by atoms with Crippen molar-refractivity contribution < 1.29 is 14.7 Å². The number of amides is 2. The first kappa shape index (κ1) is 15.3. The molecule has 0 bridgehead atoms. The molecule has 0 aliphatic heterocycles. The molecule has 0 saturated heterocycles. The van der Waals surface area contributed by atoms with Gasteiger partial charge >= 0.3 is 12.0 Å². The van der Waals surface area contributed by atoms with Gasteiger partial charge in [-0.25, -0.2) is 4.79 Å². The summed E-state index contributed by atoms with van der Waals surface area (Å²) >= 11 is 0. The van der Waals surface area contributed by atoms with Crippen molar-refractivity contribution in [1.29, 1.82) is 0 Å². The Kier molecular flexibility index (Phi) is 5.57. The van der Waals surface area contributed by atoms with Gasteiger partial charge in [-0.1, -0.05) is 12.1 Å². The summed E-state index contributed by atoms with van der Waals surface area (Å²) in [5, 5.41) is 17.6. The lowest BCUT2D eigenvalue weighted by molar-refractivity contribution is -0.136. The Hall–Kier alpha value is -2.08. The van der Waals surface area contributed by atoms with E-state index in [9.17, 15) is 9.59 Å². The van der Waals surface area contributed by atoms with Gasteiger partial charge in [-0.05, 0) is 43.5 Å². The lowest BCUT2D eigenvalue weighted by Crippen LogP contribution is -2.31. The van der Waals surface area contributed by atoms with Crippen molar-refractivity contribution in [3.63, 3.8) is 0 Å². The molecule has 0 aromatic heterocycles. The zero-order valence-electron chi connectivity index (χ0n) is 11.9. The van der Waals surface area contributed by atoms with Crippen molar-refractivity contribution in [2.24, 2.45) is 0 Å². The molecule has 0 atom stereocenters. The third kappa shape index (κ3) is 6.27. The predicted octanol–water partition coefficient (Wildman–Crippen LogP) is 1.58. The molecule has 4 N–H and O–H groups in total. The van der Waals surface area contributed by atoms with Gasteiger partial charge in [0.2, 0.25) is 0 Å². The molecule has 21 heavy (non-hydrogen) atoms. The third-order valence-corrected chi connectivity index (χ3v) is 3.19. The summed E-state index contributed by atoms with van der Waals surface area (Å²) in [5.74, 6) is -0.889. The first-order valence-electron chi connectivity index (χ1n) is 7.22. The highest BCUT2D eigenvalue weighted by Gasteiger charge is 2.19. The molecule has 0 heterocycles. The van der Waals surface area contributed by atoms with Crippen LogP contribution in [0, 0.1) is 0 Å². The molecular weight excluding hydrogens is 270 g/mol. The second-order valence-electron chi connectivity index (χ2n) is 5.23. The molecule has 1 aliphatic carbocycles. The standard InChI is InChI=1S/C15H21N3O3/c19-14(20)10-11-3-1-4-13(9-11)18-15(21)17-8-2-7-16-12-5-6-12/h1,3-4,9,12,16H,2,5-8,10H2,(H,19,20)(H2,17,18,21). The van der Waals surface area contributed by atoms with Gasteiger partial charge in [0.1, 0.15) is 0 Å². The average molecular weight is 291 g/mol. The minimum atomic E-state index is -0.889. The van der Waals surface area contributed by atoms with Crippen LogP contribution in [0.2, 0.25) is 0 Å². The molecular formula is C15H21N3O3. The van der Waals surface area contributed by atoms with Crippen molar-refractivity contribution in [1.82, 2.24) is 10.6 Å². The number of hydrogen-bond acceptors (Lipinski definition) is 3. The van der Waals surface area contributed by atoms with Crippen LogP contribution in [0.5, 0.6) is 0 Å². The molecule has 114 valence electrons. The average Bonchev–Trinajstić information content (AvgIpc) is 3.22. The van der Waals surface area contributed by atoms with Crippen LogP contribution in [-0.4, -0.2) is 36.2 Å². The molecule has 6 heteroatoms. The minimum Gasteiger partial charge on any atom is -0.481 e. The van der Waals surface area contributed by atoms with Crippen LogP contribution >= 0.6 is 0 Å². The fourth-order valence-corrected chi connectivity index (χ4v) is 1.99. The molecule has 0 spiro atoms. The van der Waals surface area contributed by atoms with E-state index in [2.05, 4.69) is 16.0 Å². The summed E-state index contributed by atoms with van der Waals surface area (Å²) in [4.78, 5) is 22.3. The quantitative estimate of drug-likeness (QED) is 0.547. The van der Waals surface area contributed by atoms with E-state index >= 15 is 0 Å². The normalized spacial score (nSPS) is 13.7. The van der Waals surface area contributed by atoms with E-state index in [1.165, 1.54) is 12.8 Å². The maximum absolute atomic E-state index is 11.7.